The molecule has 0 aromatic heterocycles. The van der Waals surface area contributed by atoms with Gasteiger partial charge in [-0.1, -0.05) is 20.8 Å². The van der Waals surface area contributed by atoms with Crippen molar-refractivity contribution in [2.45, 2.75) is 46.3 Å². The Hall–Kier alpha value is -0.120. The quantitative estimate of drug-likeness (QED) is 0.793. The minimum Gasteiger partial charge on any atom is -0.376 e. The number of nitrogens with one attached hydrogen (secondary N) is 1. The van der Waals surface area contributed by atoms with Crippen LogP contribution in [0.3, 0.4) is 0 Å². The Morgan fingerprint density at radius 1 is 1.44 bits per heavy atom. The van der Waals surface area contributed by atoms with Crippen LogP contribution < -0.4 is 5.32 Å². The summed E-state index contributed by atoms with van der Waals surface area (Å²) in [6, 6.07) is 0.589. The van der Waals surface area contributed by atoms with Crippen molar-refractivity contribution in [2.75, 3.05) is 33.3 Å². The highest BCUT2D eigenvalue weighted by molar-refractivity contribution is 4.81. The van der Waals surface area contributed by atoms with Crippen molar-refractivity contribution in [3.8, 4) is 0 Å². The van der Waals surface area contributed by atoms with Crippen LogP contribution in [0.25, 0.3) is 0 Å². The summed E-state index contributed by atoms with van der Waals surface area (Å²) >= 11 is 0. The van der Waals surface area contributed by atoms with E-state index in [2.05, 4.69) is 45.0 Å². The van der Waals surface area contributed by atoms with Gasteiger partial charge in [0.1, 0.15) is 0 Å². The lowest BCUT2D eigenvalue weighted by Gasteiger charge is -2.35. The fourth-order valence-electron chi connectivity index (χ4n) is 2.42. The average molecular weight is 228 g/mol. The predicted molar refractivity (Wildman–Crippen MR) is 68.8 cm³/mol. The molecule has 0 spiro atoms. The molecule has 1 aliphatic rings. The van der Waals surface area contributed by atoms with Crippen molar-refractivity contribution in [3.63, 3.8) is 0 Å². The summed E-state index contributed by atoms with van der Waals surface area (Å²) in [7, 11) is 2.07. The molecule has 0 aliphatic carbocycles. The van der Waals surface area contributed by atoms with Crippen molar-refractivity contribution in [3.05, 3.63) is 0 Å². The van der Waals surface area contributed by atoms with E-state index < -0.39 is 0 Å². The maximum atomic E-state index is 5.55. The van der Waals surface area contributed by atoms with Gasteiger partial charge in [-0.25, -0.2) is 0 Å². The second kappa shape index (κ2) is 5.99. The Labute approximate surface area is 101 Å². The van der Waals surface area contributed by atoms with Gasteiger partial charge in [0.25, 0.3) is 0 Å². The minimum atomic E-state index is 0.340. The van der Waals surface area contributed by atoms with Crippen molar-refractivity contribution in [1.29, 1.82) is 0 Å². The van der Waals surface area contributed by atoms with Crippen molar-refractivity contribution < 1.29 is 4.74 Å². The van der Waals surface area contributed by atoms with Crippen LogP contribution >= 0.6 is 0 Å². The molecular weight excluding hydrogens is 200 g/mol. The first-order valence-corrected chi connectivity index (χ1v) is 6.44. The Morgan fingerprint density at radius 2 is 2.12 bits per heavy atom. The van der Waals surface area contributed by atoms with E-state index in [1.54, 1.807) is 0 Å². The van der Waals surface area contributed by atoms with E-state index in [0.29, 0.717) is 17.6 Å². The van der Waals surface area contributed by atoms with Crippen LogP contribution in [0.4, 0.5) is 0 Å². The van der Waals surface area contributed by atoms with E-state index in [4.69, 9.17) is 4.74 Å². The topological polar surface area (TPSA) is 24.5 Å². The standard InChI is InChI=1S/C13H28N2O/c1-11-10-15(8-9-16-11)7-6-12(14-5)13(2,3)4/h11-12,14H,6-10H2,1-5H3. The van der Waals surface area contributed by atoms with Crippen molar-refractivity contribution in [1.82, 2.24) is 10.2 Å². The Morgan fingerprint density at radius 3 is 2.62 bits per heavy atom. The van der Waals surface area contributed by atoms with E-state index in [0.717, 1.165) is 19.7 Å². The number of hydrogen-bond acceptors (Lipinski definition) is 3. The molecule has 1 saturated heterocycles. The van der Waals surface area contributed by atoms with Gasteiger partial charge in [-0.05, 0) is 32.4 Å². The van der Waals surface area contributed by atoms with E-state index in [1.165, 1.54) is 13.0 Å². The van der Waals surface area contributed by atoms with Crippen LogP contribution in [0.15, 0.2) is 0 Å². The Kier molecular flexibility index (Phi) is 5.22. The number of ether oxygens (including phenoxy) is 1. The van der Waals surface area contributed by atoms with Gasteiger partial charge in [0, 0.05) is 19.1 Å². The first-order valence-electron chi connectivity index (χ1n) is 6.44. The Balaban J connectivity index is 2.32. The largest absolute Gasteiger partial charge is 0.376 e. The first kappa shape index (κ1) is 13.9. The zero-order valence-corrected chi connectivity index (χ0v) is 11.5. The third-order valence-electron chi connectivity index (χ3n) is 3.45. The minimum absolute atomic E-state index is 0.340. The summed E-state index contributed by atoms with van der Waals surface area (Å²) in [5.74, 6) is 0. The second-order valence-electron chi connectivity index (χ2n) is 5.98. The highest BCUT2D eigenvalue weighted by atomic mass is 16.5. The molecule has 0 aromatic carbocycles. The van der Waals surface area contributed by atoms with E-state index in [1.807, 2.05) is 0 Å². The van der Waals surface area contributed by atoms with Gasteiger partial charge in [-0.2, -0.15) is 0 Å². The van der Waals surface area contributed by atoms with Crippen molar-refractivity contribution in [2.24, 2.45) is 5.41 Å². The molecule has 1 aliphatic heterocycles. The lowest BCUT2D eigenvalue weighted by molar-refractivity contribution is -0.0201. The molecule has 0 amide bonds. The van der Waals surface area contributed by atoms with E-state index in [9.17, 15) is 0 Å². The van der Waals surface area contributed by atoms with Gasteiger partial charge >= 0.3 is 0 Å². The molecule has 16 heavy (non-hydrogen) atoms. The van der Waals surface area contributed by atoms with Crippen molar-refractivity contribution >= 4 is 0 Å². The van der Waals surface area contributed by atoms with Gasteiger partial charge < -0.3 is 10.1 Å². The third-order valence-corrected chi connectivity index (χ3v) is 3.45. The van der Waals surface area contributed by atoms with Crippen LogP contribution in [-0.2, 0) is 4.74 Å². The van der Waals surface area contributed by atoms with Gasteiger partial charge in [-0.15, -0.1) is 0 Å². The van der Waals surface area contributed by atoms with Gasteiger partial charge in [0.15, 0.2) is 0 Å². The van der Waals surface area contributed by atoms with Crippen LogP contribution in [0.2, 0.25) is 0 Å². The highest BCUT2D eigenvalue weighted by Gasteiger charge is 2.24. The second-order valence-corrected chi connectivity index (χ2v) is 5.98. The molecule has 1 heterocycles. The smallest absolute Gasteiger partial charge is 0.0674 e. The number of nitrogens with zero attached hydrogens (tertiary/aromatic N) is 1. The molecule has 1 rings (SSSR count). The van der Waals surface area contributed by atoms with Crippen LogP contribution in [-0.4, -0.2) is 50.3 Å². The van der Waals surface area contributed by atoms with Crippen LogP contribution in [0.5, 0.6) is 0 Å². The fourth-order valence-corrected chi connectivity index (χ4v) is 2.42. The molecular formula is C13H28N2O. The van der Waals surface area contributed by atoms with Crippen LogP contribution in [0, 0.1) is 5.41 Å². The summed E-state index contributed by atoms with van der Waals surface area (Å²) in [6.07, 6.45) is 1.61. The lowest BCUT2D eigenvalue weighted by atomic mass is 9.85. The number of hydrogen-bond donors (Lipinski definition) is 1. The lowest BCUT2D eigenvalue weighted by Crippen LogP contribution is -2.45. The maximum Gasteiger partial charge on any atom is 0.0674 e. The summed E-state index contributed by atoms with van der Waals surface area (Å²) in [5.41, 5.74) is 0.340. The number of morpholine rings is 1. The van der Waals surface area contributed by atoms with Gasteiger partial charge in [0.05, 0.1) is 12.7 Å². The molecule has 1 N–H and O–H groups in total. The molecule has 2 unspecified atom stereocenters. The van der Waals surface area contributed by atoms with Crippen LogP contribution in [0.1, 0.15) is 34.1 Å². The van der Waals surface area contributed by atoms with E-state index >= 15 is 0 Å². The Bertz CT molecular complexity index is 201. The fraction of sp³-hybridized carbons (Fsp3) is 1.00. The molecule has 1 fully saturated rings. The molecule has 96 valence electrons. The molecule has 2 atom stereocenters. The zero-order chi connectivity index (χ0) is 12.2. The summed E-state index contributed by atoms with van der Waals surface area (Å²) in [5, 5.41) is 3.43. The highest BCUT2D eigenvalue weighted by Crippen LogP contribution is 2.22. The predicted octanol–water partition coefficient (Wildman–Crippen LogP) is 1.73. The maximum absolute atomic E-state index is 5.55. The third kappa shape index (κ3) is 4.40. The number of rotatable bonds is 4. The monoisotopic (exact) mass is 228 g/mol. The first-order chi connectivity index (χ1) is 7.43. The molecule has 0 bridgehead atoms. The normalized spacial score (nSPS) is 25.7. The molecule has 0 saturated carbocycles. The zero-order valence-electron chi connectivity index (χ0n) is 11.5. The summed E-state index contributed by atoms with van der Waals surface area (Å²) < 4.78 is 5.55. The van der Waals surface area contributed by atoms with Gasteiger partial charge in [-0.3, -0.25) is 4.90 Å². The van der Waals surface area contributed by atoms with E-state index in [-0.39, 0.29) is 0 Å². The molecule has 0 aromatic rings. The average Bonchev–Trinajstić information content (AvgIpc) is 2.16. The summed E-state index contributed by atoms with van der Waals surface area (Å²) in [6.45, 7) is 13.3. The SMILES string of the molecule is CNC(CCN1CCOC(C)C1)C(C)(C)C. The summed E-state index contributed by atoms with van der Waals surface area (Å²) in [4.78, 5) is 2.52. The van der Waals surface area contributed by atoms with Gasteiger partial charge in [0.2, 0.25) is 0 Å². The molecule has 3 nitrogen and oxygen atoms in total. The molecule has 3 heteroatoms. The molecule has 0 radical (unpaired) electrons.